The zero-order valence-electron chi connectivity index (χ0n) is 76.4. The van der Waals surface area contributed by atoms with Crippen LogP contribution in [0, 0.1) is 0 Å². The number of hydrogen-bond donors (Lipinski definition) is 0. The number of fused-ring (bicyclic) bond motifs is 25. The summed E-state index contributed by atoms with van der Waals surface area (Å²) in [7, 11) is 0. The lowest BCUT2D eigenvalue weighted by molar-refractivity contribution is 0.645. The SMILES string of the molecule is CC1(C)c2ccccc2-c2c3c1cccc3cc1c2c2c3ccccc3ccc2n1-c1ccc2cc(-c3ccccc3)ccc2c1.CC1(C)c2ccccc2-c2c3c1cccc3cc1c2c2c3ccccc3ccc2n1-c1ccccc1-c1ccccc1.CC1(C)c2ccccc2-c2c3c1cccc3cc1c2c2c3ccccc3ccc2n1-c1nc(-c2ccccc2)cc(-c2ccccc2)n1. The van der Waals surface area contributed by atoms with Gasteiger partial charge in [0.25, 0.3) is 0 Å². The summed E-state index contributed by atoms with van der Waals surface area (Å²) < 4.78 is 7.33. The van der Waals surface area contributed by atoms with Gasteiger partial charge in [0.2, 0.25) is 5.95 Å². The number of nitrogens with zero attached hydrogens (tertiary/aromatic N) is 5. The van der Waals surface area contributed by atoms with E-state index in [1.807, 2.05) is 12.1 Å². The monoisotopic (exact) mass is 1730 g/mol. The van der Waals surface area contributed by atoms with E-state index in [2.05, 4.69) is 486 Å². The maximum atomic E-state index is 5.34. The van der Waals surface area contributed by atoms with Crippen LogP contribution in [0.2, 0.25) is 0 Å². The van der Waals surface area contributed by atoms with Gasteiger partial charge in [0, 0.05) is 87.6 Å². The second-order valence-corrected chi connectivity index (χ2v) is 38.9. The van der Waals surface area contributed by atoms with E-state index < -0.39 is 0 Å². The van der Waals surface area contributed by atoms with Gasteiger partial charge in [-0.25, -0.2) is 9.97 Å². The van der Waals surface area contributed by atoms with Crippen LogP contribution in [0.5, 0.6) is 0 Å². The fraction of sp³-hybridized carbons (Fsp3) is 0.0687. The average Bonchev–Trinajstić information content (AvgIpc) is 1.50. The number of hydrogen-bond acceptors (Lipinski definition) is 2. The van der Waals surface area contributed by atoms with Crippen LogP contribution in [-0.4, -0.2) is 23.7 Å². The zero-order valence-corrected chi connectivity index (χ0v) is 76.4. The minimum Gasteiger partial charge on any atom is -0.309 e. The lowest BCUT2D eigenvalue weighted by Crippen LogP contribution is -2.23. The van der Waals surface area contributed by atoms with Gasteiger partial charge in [-0.1, -0.05) is 418 Å². The molecule has 136 heavy (non-hydrogen) atoms. The largest absolute Gasteiger partial charge is 0.309 e. The molecule has 0 spiro atoms. The van der Waals surface area contributed by atoms with Crippen molar-refractivity contribution in [1.29, 1.82) is 0 Å². The van der Waals surface area contributed by atoms with Crippen LogP contribution in [0.3, 0.4) is 0 Å². The van der Waals surface area contributed by atoms with Gasteiger partial charge in [-0.3, -0.25) is 4.57 Å². The first-order valence-corrected chi connectivity index (χ1v) is 47.6. The standard InChI is InChI=1S/C45H31N3.C45H31N.C41H29N/c1-45(2)34-22-12-11-21-33(34)42-40-31(19-13-23-35(40)45)26-39-43(42)41-32-20-10-9-14-28(32)24-25-38(41)48(39)44-46-36(29-15-5-3-6-16-29)27-37(47-44)30-17-7-4-8-18-30;1-45(2)37-17-9-8-16-36(37)43-41-33(14-10-18-38(41)45)27-40-44(43)42-35-15-7-6-13-29(35)22-24-39(42)46(40)34-23-21-31-25-30(19-20-32(31)26-34)28-11-4-3-5-12-28;1-41(2)32-20-10-8-19-31(32)39-37-28(16-12-21-33(37)41)25-36-40(39)38-30-18-7-6-15-27(30)23-24-35(38)42(36)34-22-11-9-17-29(34)26-13-4-3-5-14-26/h3-27H,1-2H3;3-27H,1-2H3;3-25H,1-2H3. The molecule has 4 heterocycles. The summed E-state index contributed by atoms with van der Waals surface area (Å²) in [5.41, 5.74) is 34.5. The molecule has 0 atom stereocenters. The predicted molar refractivity (Wildman–Crippen MR) is 575 cm³/mol. The van der Waals surface area contributed by atoms with Crippen molar-refractivity contribution in [1.82, 2.24) is 23.7 Å². The average molecular weight is 1740 g/mol. The smallest absolute Gasteiger partial charge is 0.235 e. The van der Waals surface area contributed by atoms with E-state index in [-0.39, 0.29) is 16.2 Å². The second kappa shape index (κ2) is 30.1. The Labute approximate surface area is 788 Å². The van der Waals surface area contributed by atoms with Crippen LogP contribution in [0.15, 0.2) is 443 Å². The first kappa shape index (κ1) is 78.9. The third kappa shape index (κ3) is 11.7. The highest BCUT2D eigenvalue weighted by Crippen LogP contribution is 2.59. The van der Waals surface area contributed by atoms with Crippen molar-refractivity contribution < 1.29 is 0 Å². The Hall–Kier alpha value is -16.9. The summed E-state index contributed by atoms with van der Waals surface area (Å²) in [6.45, 7) is 14.2. The maximum Gasteiger partial charge on any atom is 0.235 e. The van der Waals surface area contributed by atoms with Crippen molar-refractivity contribution in [3.8, 4) is 95.5 Å². The van der Waals surface area contributed by atoms with Crippen molar-refractivity contribution in [3.63, 3.8) is 0 Å². The molecule has 0 unspecified atom stereocenters. The lowest BCUT2D eigenvalue weighted by atomic mass is 9.68. The molecule has 3 aliphatic rings. The Morgan fingerprint density at radius 1 is 0.184 bits per heavy atom. The molecule has 29 rings (SSSR count). The highest BCUT2D eigenvalue weighted by atomic mass is 15.2. The first-order chi connectivity index (χ1) is 66.8. The molecular weight excluding hydrogens is 1640 g/mol. The summed E-state index contributed by atoms with van der Waals surface area (Å²) in [6.07, 6.45) is 0. The van der Waals surface area contributed by atoms with Crippen molar-refractivity contribution in [3.05, 3.63) is 476 Å². The summed E-state index contributed by atoms with van der Waals surface area (Å²) in [5.74, 6) is 0.664. The molecule has 0 N–H and O–H groups in total. The third-order valence-corrected chi connectivity index (χ3v) is 30.5. The lowest BCUT2D eigenvalue weighted by Gasteiger charge is -2.35. The van der Waals surface area contributed by atoms with Crippen LogP contribution in [0.25, 0.3) is 236 Å². The fourth-order valence-electron chi connectivity index (χ4n) is 24.2. The Morgan fingerprint density at radius 3 is 0.956 bits per heavy atom. The van der Waals surface area contributed by atoms with Crippen LogP contribution < -0.4 is 0 Å². The van der Waals surface area contributed by atoms with E-state index in [0.29, 0.717) is 5.95 Å². The van der Waals surface area contributed by atoms with Gasteiger partial charge >= 0.3 is 0 Å². The molecule has 5 heteroatoms. The van der Waals surface area contributed by atoms with Crippen molar-refractivity contribution >= 4 is 141 Å². The molecule has 0 bridgehead atoms. The molecule has 0 aliphatic heterocycles. The van der Waals surface area contributed by atoms with E-state index in [0.717, 1.165) is 33.5 Å². The van der Waals surface area contributed by atoms with Gasteiger partial charge in [-0.2, -0.15) is 0 Å². The van der Waals surface area contributed by atoms with E-state index >= 15 is 0 Å². The highest BCUT2D eigenvalue weighted by molar-refractivity contribution is 6.34. The summed E-state index contributed by atoms with van der Waals surface area (Å²) >= 11 is 0. The predicted octanol–water partition coefficient (Wildman–Crippen LogP) is 34.8. The van der Waals surface area contributed by atoms with Gasteiger partial charge in [0.05, 0.1) is 50.2 Å². The van der Waals surface area contributed by atoms with E-state index in [4.69, 9.17) is 9.97 Å². The van der Waals surface area contributed by atoms with Crippen LogP contribution in [-0.2, 0) is 16.2 Å². The number of rotatable bonds is 7. The quantitative estimate of drug-likeness (QED) is 0.160. The summed E-state index contributed by atoms with van der Waals surface area (Å²) in [6, 6.07) is 162. The van der Waals surface area contributed by atoms with Gasteiger partial charge in [-0.05, 0) is 209 Å². The Bertz CT molecular complexity index is 9500. The van der Waals surface area contributed by atoms with Crippen LogP contribution in [0.1, 0.15) is 74.9 Å². The number of benzene rings is 22. The van der Waals surface area contributed by atoms with E-state index in [9.17, 15) is 0 Å². The molecule has 22 aromatic carbocycles. The number of para-hydroxylation sites is 1. The minimum absolute atomic E-state index is 0.0862. The Kier molecular flexibility index (Phi) is 17.5. The molecule has 0 saturated carbocycles. The third-order valence-electron chi connectivity index (χ3n) is 30.5. The van der Waals surface area contributed by atoms with E-state index in [1.165, 1.54) is 230 Å². The van der Waals surface area contributed by atoms with Crippen molar-refractivity contribution in [2.75, 3.05) is 0 Å². The molecule has 0 amide bonds. The van der Waals surface area contributed by atoms with Crippen molar-refractivity contribution in [2.45, 2.75) is 57.8 Å². The molecule has 5 nitrogen and oxygen atoms in total. The van der Waals surface area contributed by atoms with Crippen molar-refractivity contribution in [2.24, 2.45) is 0 Å². The molecule has 0 saturated heterocycles. The van der Waals surface area contributed by atoms with Crippen LogP contribution >= 0.6 is 0 Å². The van der Waals surface area contributed by atoms with E-state index in [1.54, 1.807) is 0 Å². The topological polar surface area (TPSA) is 40.6 Å². The highest BCUT2D eigenvalue weighted by Gasteiger charge is 2.40. The normalized spacial score (nSPS) is 13.5. The maximum absolute atomic E-state index is 5.34. The van der Waals surface area contributed by atoms with Gasteiger partial charge in [0.15, 0.2) is 0 Å². The molecule has 3 aliphatic carbocycles. The zero-order chi connectivity index (χ0) is 90.6. The molecule has 0 radical (unpaired) electrons. The fourth-order valence-corrected chi connectivity index (χ4v) is 24.2. The Balaban J connectivity index is 0.000000104. The van der Waals surface area contributed by atoms with Crippen LogP contribution in [0.4, 0.5) is 0 Å². The summed E-state index contributed by atoms with van der Waals surface area (Å²) in [4.78, 5) is 10.7. The summed E-state index contributed by atoms with van der Waals surface area (Å²) in [5, 5.41) is 25.8. The molecule has 4 aromatic heterocycles. The van der Waals surface area contributed by atoms with Gasteiger partial charge in [-0.15, -0.1) is 0 Å². The Morgan fingerprint density at radius 2 is 0.507 bits per heavy atom. The molecule has 640 valence electrons. The first-order valence-electron chi connectivity index (χ1n) is 47.6. The molecule has 0 fully saturated rings. The number of aromatic nitrogens is 5. The molecule has 26 aromatic rings. The van der Waals surface area contributed by atoms with Gasteiger partial charge < -0.3 is 9.13 Å². The molecular formula is C131H91N5. The van der Waals surface area contributed by atoms with Gasteiger partial charge in [0.1, 0.15) is 0 Å². The second-order valence-electron chi connectivity index (χ2n) is 38.9. The minimum atomic E-state index is -0.130.